The van der Waals surface area contributed by atoms with Gasteiger partial charge in [0.15, 0.2) is 5.69 Å². The van der Waals surface area contributed by atoms with Crippen LogP contribution in [0.3, 0.4) is 0 Å². The van der Waals surface area contributed by atoms with E-state index in [0.717, 1.165) is 16.8 Å². The Hall–Kier alpha value is -3.69. The van der Waals surface area contributed by atoms with Gasteiger partial charge in [0.2, 0.25) is 5.95 Å². The van der Waals surface area contributed by atoms with Crippen molar-refractivity contribution in [1.82, 2.24) is 19.7 Å². The van der Waals surface area contributed by atoms with E-state index < -0.39 is 17.8 Å². The maximum absolute atomic E-state index is 11.7. The third-order valence-electron chi connectivity index (χ3n) is 5.01. The molecule has 3 aromatic heterocycles. The number of primary amides is 1. The van der Waals surface area contributed by atoms with Gasteiger partial charge < -0.3 is 20.6 Å². The molecule has 29 heavy (non-hydrogen) atoms. The van der Waals surface area contributed by atoms with Crippen LogP contribution in [-0.2, 0) is 31.2 Å². The molecule has 0 aliphatic heterocycles. The summed E-state index contributed by atoms with van der Waals surface area (Å²) in [5.74, 6) is -0.860. The van der Waals surface area contributed by atoms with Gasteiger partial charge in [0.25, 0.3) is 5.91 Å². The Bertz CT molecular complexity index is 1120. The smallest absolute Gasteiger partial charge is 0.313 e. The maximum atomic E-state index is 11.7. The number of aliphatic carboxylic acids is 1. The molecule has 3 heterocycles. The molecule has 0 aromatic carbocycles. The SMILES string of the molecule is CC(C(=O)O)c1ccc(CNc2ncc3c(n2)-c2c(c(C(N)=O)nn2C)CC3)o1. The molecule has 10 nitrogen and oxygen atoms in total. The summed E-state index contributed by atoms with van der Waals surface area (Å²) in [6.45, 7) is 1.87. The van der Waals surface area contributed by atoms with Gasteiger partial charge in [0.05, 0.1) is 17.9 Å². The molecule has 3 aromatic rings. The number of amides is 1. The van der Waals surface area contributed by atoms with Gasteiger partial charge in [-0.2, -0.15) is 5.10 Å². The number of hydrogen-bond acceptors (Lipinski definition) is 7. The van der Waals surface area contributed by atoms with Gasteiger partial charge in [-0.05, 0) is 37.5 Å². The second kappa shape index (κ2) is 7.04. The van der Waals surface area contributed by atoms with E-state index >= 15 is 0 Å². The van der Waals surface area contributed by atoms with Crippen LogP contribution in [0.25, 0.3) is 11.4 Å². The van der Waals surface area contributed by atoms with Crippen LogP contribution in [0.15, 0.2) is 22.7 Å². The van der Waals surface area contributed by atoms with E-state index in [9.17, 15) is 9.59 Å². The number of nitrogens with two attached hydrogens (primary N) is 1. The van der Waals surface area contributed by atoms with Crippen molar-refractivity contribution in [1.29, 1.82) is 0 Å². The van der Waals surface area contributed by atoms with Gasteiger partial charge in [-0.15, -0.1) is 0 Å². The number of fused-ring (bicyclic) bond motifs is 3. The highest BCUT2D eigenvalue weighted by Crippen LogP contribution is 2.33. The summed E-state index contributed by atoms with van der Waals surface area (Å²) in [5, 5.41) is 16.4. The molecule has 1 atom stereocenters. The zero-order valence-electron chi connectivity index (χ0n) is 16.0. The lowest BCUT2D eigenvalue weighted by atomic mass is 9.93. The van der Waals surface area contributed by atoms with Crippen LogP contribution in [0.4, 0.5) is 5.95 Å². The third-order valence-corrected chi connectivity index (χ3v) is 5.01. The van der Waals surface area contributed by atoms with Gasteiger partial charge in [-0.3, -0.25) is 14.3 Å². The van der Waals surface area contributed by atoms with Crippen LogP contribution in [0.1, 0.15) is 46.0 Å². The molecule has 150 valence electrons. The van der Waals surface area contributed by atoms with Crippen molar-refractivity contribution >= 4 is 17.8 Å². The van der Waals surface area contributed by atoms with Gasteiger partial charge in [-0.1, -0.05) is 0 Å². The van der Waals surface area contributed by atoms with Gasteiger partial charge in [0.1, 0.15) is 17.4 Å². The van der Waals surface area contributed by atoms with E-state index in [4.69, 9.17) is 15.3 Å². The molecule has 10 heteroatoms. The van der Waals surface area contributed by atoms with Crippen molar-refractivity contribution < 1.29 is 19.1 Å². The van der Waals surface area contributed by atoms with E-state index in [-0.39, 0.29) is 5.69 Å². The number of aryl methyl sites for hydroxylation is 2. The Morgan fingerprint density at radius 2 is 2.17 bits per heavy atom. The third kappa shape index (κ3) is 3.33. The van der Waals surface area contributed by atoms with Crippen LogP contribution in [0, 0.1) is 0 Å². The lowest BCUT2D eigenvalue weighted by molar-refractivity contribution is -0.138. The Morgan fingerprint density at radius 1 is 1.38 bits per heavy atom. The molecule has 4 N–H and O–H groups in total. The Morgan fingerprint density at radius 3 is 2.90 bits per heavy atom. The van der Waals surface area contributed by atoms with Crippen LogP contribution in [-0.4, -0.2) is 36.7 Å². The van der Waals surface area contributed by atoms with Crippen molar-refractivity contribution in [3.05, 3.63) is 46.7 Å². The monoisotopic (exact) mass is 396 g/mol. The summed E-state index contributed by atoms with van der Waals surface area (Å²) in [5.41, 5.74) is 8.97. The van der Waals surface area contributed by atoms with Crippen molar-refractivity contribution in [3.63, 3.8) is 0 Å². The number of anilines is 1. The first-order chi connectivity index (χ1) is 13.8. The Balaban J connectivity index is 1.57. The van der Waals surface area contributed by atoms with E-state index in [1.165, 1.54) is 0 Å². The molecule has 1 aliphatic rings. The molecule has 1 unspecified atom stereocenters. The number of carboxylic acid groups (broad SMARTS) is 1. The number of nitrogens with zero attached hydrogens (tertiary/aromatic N) is 4. The molecule has 0 radical (unpaired) electrons. The number of hydrogen-bond donors (Lipinski definition) is 3. The minimum Gasteiger partial charge on any atom is -0.481 e. The molecule has 4 rings (SSSR count). The van der Waals surface area contributed by atoms with Crippen LogP contribution in [0.5, 0.6) is 0 Å². The van der Waals surface area contributed by atoms with Crippen molar-refractivity contribution in [3.8, 4) is 11.4 Å². The minimum atomic E-state index is -0.945. The predicted molar refractivity (Wildman–Crippen MR) is 102 cm³/mol. The molecule has 1 aliphatic carbocycles. The summed E-state index contributed by atoms with van der Waals surface area (Å²) in [4.78, 5) is 31.7. The summed E-state index contributed by atoms with van der Waals surface area (Å²) in [7, 11) is 1.75. The predicted octanol–water partition coefficient (Wildman–Crippen LogP) is 1.47. The first kappa shape index (κ1) is 18.7. The van der Waals surface area contributed by atoms with Crippen LogP contribution >= 0.6 is 0 Å². The summed E-state index contributed by atoms with van der Waals surface area (Å²) >= 11 is 0. The number of furan rings is 1. The Kier molecular flexibility index (Phi) is 4.53. The molecule has 1 amide bonds. The Labute approximate surface area is 165 Å². The lowest BCUT2D eigenvalue weighted by Crippen LogP contribution is -2.16. The minimum absolute atomic E-state index is 0.275. The second-order valence-electron chi connectivity index (χ2n) is 6.95. The number of nitrogens with one attached hydrogen (secondary N) is 1. The summed E-state index contributed by atoms with van der Waals surface area (Å²) in [6.07, 6.45) is 3.11. The van der Waals surface area contributed by atoms with Crippen molar-refractivity contribution in [2.45, 2.75) is 32.2 Å². The van der Waals surface area contributed by atoms with E-state index in [1.54, 1.807) is 37.0 Å². The first-order valence-corrected chi connectivity index (χ1v) is 9.12. The van der Waals surface area contributed by atoms with Crippen molar-refractivity contribution in [2.75, 3.05) is 5.32 Å². The molecule has 0 bridgehead atoms. The van der Waals surface area contributed by atoms with Crippen LogP contribution in [0.2, 0.25) is 0 Å². The molecule has 0 fully saturated rings. The molecule has 0 saturated carbocycles. The van der Waals surface area contributed by atoms with Crippen molar-refractivity contribution in [2.24, 2.45) is 12.8 Å². The largest absolute Gasteiger partial charge is 0.481 e. The van der Waals surface area contributed by atoms with Gasteiger partial charge >= 0.3 is 5.97 Å². The molecule has 0 spiro atoms. The van der Waals surface area contributed by atoms with E-state index in [1.807, 2.05) is 0 Å². The normalized spacial score (nSPS) is 13.4. The second-order valence-corrected chi connectivity index (χ2v) is 6.95. The van der Waals surface area contributed by atoms with E-state index in [0.29, 0.717) is 42.5 Å². The van der Waals surface area contributed by atoms with E-state index in [2.05, 4.69) is 20.4 Å². The zero-order valence-corrected chi connectivity index (χ0v) is 16.0. The number of carbonyl (C=O) groups excluding carboxylic acids is 1. The number of rotatable bonds is 6. The fourth-order valence-electron chi connectivity index (χ4n) is 3.45. The fourth-order valence-corrected chi connectivity index (χ4v) is 3.45. The van der Waals surface area contributed by atoms with Gasteiger partial charge in [0, 0.05) is 18.8 Å². The summed E-state index contributed by atoms with van der Waals surface area (Å²) < 4.78 is 7.20. The fraction of sp³-hybridized carbons (Fsp3) is 0.316. The molecule has 0 saturated heterocycles. The quantitative estimate of drug-likeness (QED) is 0.567. The number of aromatic nitrogens is 4. The lowest BCUT2D eigenvalue weighted by Gasteiger charge is -2.17. The standard InChI is InChI=1S/C19H20N6O4/c1-9(18(27)28)13-6-4-11(29-13)8-22-19-21-7-10-3-5-12-15(17(20)26)24-25(2)16(12)14(10)23-19/h4,6-7,9H,3,5,8H2,1-2H3,(H2,20,26)(H,27,28)(H,21,22,23). The molecular weight excluding hydrogens is 376 g/mol. The average molecular weight is 396 g/mol. The highest BCUT2D eigenvalue weighted by Gasteiger charge is 2.28. The topological polar surface area (TPSA) is 149 Å². The molecular formula is C19H20N6O4. The highest BCUT2D eigenvalue weighted by molar-refractivity contribution is 5.94. The summed E-state index contributed by atoms with van der Waals surface area (Å²) in [6, 6.07) is 3.37. The number of carboxylic acids is 1. The maximum Gasteiger partial charge on any atom is 0.313 e. The van der Waals surface area contributed by atoms with Gasteiger partial charge in [-0.25, -0.2) is 9.97 Å². The average Bonchev–Trinajstić information content (AvgIpc) is 3.30. The highest BCUT2D eigenvalue weighted by atomic mass is 16.4. The first-order valence-electron chi connectivity index (χ1n) is 9.12. The zero-order chi connectivity index (χ0) is 20.7. The van der Waals surface area contributed by atoms with Crippen LogP contribution < -0.4 is 11.1 Å². The number of carbonyl (C=O) groups is 2.